The van der Waals surface area contributed by atoms with Crippen molar-refractivity contribution in [2.24, 2.45) is 5.41 Å². The minimum atomic E-state index is 0.351. The highest BCUT2D eigenvalue weighted by Crippen LogP contribution is 2.40. The zero-order chi connectivity index (χ0) is 25.2. The van der Waals surface area contributed by atoms with Crippen LogP contribution in [0.25, 0.3) is 0 Å². The first kappa shape index (κ1) is 30.3. The van der Waals surface area contributed by atoms with Crippen LogP contribution in [0.5, 0.6) is 0 Å². The second kappa shape index (κ2) is 18.9. The fourth-order valence-electron chi connectivity index (χ4n) is 5.17. The first-order chi connectivity index (χ1) is 17.8. The maximum absolute atomic E-state index is 5.89. The summed E-state index contributed by atoms with van der Waals surface area (Å²) in [4.78, 5) is 0. The Labute approximate surface area is 220 Å². The Morgan fingerprint density at radius 3 is 1.25 bits per heavy atom. The largest absolute Gasteiger partial charge is 0.385 e. The number of rotatable bonds is 28. The second-order valence-electron chi connectivity index (χ2n) is 11.1. The molecule has 3 heterocycles. The quantitative estimate of drug-likeness (QED) is 0.103. The lowest BCUT2D eigenvalue weighted by Gasteiger charge is -2.35. The fraction of sp³-hybridized carbons (Fsp3) is 1.00. The van der Waals surface area contributed by atoms with Crippen molar-refractivity contribution in [1.82, 2.24) is 0 Å². The number of unbranched alkanes of at least 4 members (excludes halogenated alkanes) is 6. The third kappa shape index (κ3) is 15.9. The summed E-state index contributed by atoms with van der Waals surface area (Å²) >= 11 is 0. The number of hydrogen-bond acceptors (Lipinski definition) is 7. The summed E-state index contributed by atoms with van der Waals surface area (Å²) in [5, 5.41) is 0. The molecular weight excluding hydrogens is 460 g/mol. The van der Waals surface area contributed by atoms with Crippen LogP contribution in [0.15, 0.2) is 0 Å². The van der Waals surface area contributed by atoms with E-state index in [4.69, 9.17) is 33.2 Å². The van der Waals surface area contributed by atoms with Crippen molar-refractivity contribution in [1.29, 1.82) is 0 Å². The molecular formula is C29H54O7. The van der Waals surface area contributed by atoms with Gasteiger partial charge in [0.25, 0.3) is 0 Å². The van der Waals surface area contributed by atoms with Crippen molar-refractivity contribution in [2.45, 2.75) is 108 Å². The second-order valence-corrected chi connectivity index (χ2v) is 11.1. The van der Waals surface area contributed by atoms with Gasteiger partial charge in [0.2, 0.25) is 0 Å². The van der Waals surface area contributed by atoms with E-state index in [0.29, 0.717) is 23.7 Å². The lowest BCUT2D eigenvalue weighted by molar-refractivity contribution is 0.0679. The first-order valence-corrected chi connectivity index (χ1v) is 14.9. The first-order valence-electron chi connectivity index (χ1n) is 14.9. The number of ether oxygens (including phenoxy) is 7. The molecule has 212 valence electrons. The molecule has 3 rings (SSSR count). The van der Waals surface area contributed by atoms with Gasteiger partial charge in [-0.15, -0.1) is 0 Å². The molecule has 0 N–H and O–H groups in total. The van der Waals surface area contributed by atoms with Gasteiger partial charge in [0.05, 0.1) is 39.6 Å². The van der Waals surface area contributed by atoms with Gasteiger partial charge in [-0.1, -0.05) is 38.5 Å². The molecule has 3 fully saturated rings. The third-order valence-electron chi connectivity index (χ3n) is 7.66. The Balaban J connectivity index is 1.38. The molecule has 0 saturated carbocycles. The van der Waals surface area contributed by atoms with Crippen LogP contribution in [0, 0.1) is 5.41 Å². The minimum absolute atomic E-state index is 0.351. The highest BCUT2D eigenvalue weighted by atomic mass is 16.6. The highest BCUT2D eigenvalue weighted by Gasteiger charge is 2.30. The van der Waals surface area contributed by atoms with Crippen molar-refractivity contribution in [3.8, 4) is 0 Å². The third-order valence-corrected chi connectivity index (χ3v) is 7.66. The molecule has 36 heavy (non-hydrogen) atoms. The monoisotopic (exact) mass is 514 g/mol. The summed E-state index contributed by atoms with van der Waals surface area (Å²) in [6.45, 7) is 8.30. The van der Waals surface area contributed by atoms with Crippen molar-refractivity contribution < 1.29 is 33.2 Å². The van der Waals surface area contributed by atoms with Crippen LogP contribution in [0.1, 0.15) is 89.9 Å². The van der Waals surface area contributed by atoms with Gasteiger partial charge >= 0.3 is 0 Å². The average molecular weight is 515 g/mol. The van der Waals surface area contributed by atoms with E-state index >= 15 is 0 Å². The number of epoxide rings is 3. The van der Waals surface area contributed by atoms with Gasteiger partial charge in [0.15, 0.2) is 0 Å². The maximum Gasteiger partial charge on any atom is 0.104 e. The maximum atomic E-state index is 5.89. The zero-order valence-corrected chi connectivity index (χ0v) is 23.1. The molecule has 0 bridgehead atoms. The Hall–Kier alpha value is -0.280. The molecule has 3 aliphatic heterocycles. The van der Waals surface area contributed by atoms with Gasteiger partial charge in [0, 0.05) is 33.5 Å². The summed E-state index contributed by atoms with van der Waals surface area (Å²) < 4.78 is 38.7. The molecule has 3 saturated heterocycles. The van der Waals surface area contributed by atoms with Crippen molar-refractivity contribution in [2.75, 3.05) is 73.2 Å². The van der Waals surface area contributed by atoms with Crippen LogP contribution in [0.2, 0.25) is 0 Å². The normalized spacial score (nSPS) is 24.1. The lowest BCUT2D eigenvalue weighted by Crippen LogP contribution is -2.24. The summed E-state index contributed by atoms with van der Waals surface area (Å²) in [5.74, 6) is 0. The van der Waals surface area contributed by atoms with Crippen molar-refractivity contribution in [3.05, 3.63) is 0 Å². The van der Waals surface area contributed by atoms with Gasteiger partial charge in [0.1, 0.15) is 18.3 Å². The van der Waals surface area contributed by atoms with E-state index in [1.807, 2.05) is 0 Å². The molecule has 0 aromatic rings. The van der Waals surface area contributed by atoms with E-state index in [1.165, 1.54) is 70.6 Å². The summed E-state index contributed by atoms with van der Waals surface area (Å²) in [6.07, 6.45) is 18.6. The molecule has 0 radical (unpaired) electrons. The SMILES string of the molecule is COCCCCCCCCCC(CCCOCC1CO1)(CCCOCC1CO1)CCCOCC1CO1. The smallest absolute Gasteiger partial charge is 0.104 e. The van der Waals surface area contributed by atoms with Gasteiger partial charge in [-0.3, -0.25) is 0 Å². The summed E-state index contributed by atoms with van der Waals surface area (Å²) in [7, 11) is 1.79. The molecule has 0 aromatic heterocycles. The van der Waals surface area contributed by atoms with Crippen LogP contribution < -0.4 is 0 Å². The molecule has 3 atom stereocenters. The molecule has 7 nitrogen and oxygen atoms in total. The van der Waals surface area contributed by atoms with Crippen molar-refractivity contribution in [3.63, 3.8) is 0 Å². The van der Waals surface area contributed by atoms with E-state index in [0.717, 1.165) is 85.3 Å². The molecule has 3 unspecified atom stereocenters. The predicted molar refractivity (Wildman–Crippen MR) is 141 cm³/mol. The molecule has 3 aliphatic rings. The summed E-state index contributed by atoms with van der Waals surface area (Å²) in [5.41, 5.74) is 0.358. The van der Waals surface area contributed by atoms with Gasteiger partial charge < -0.3 is 33.2 Å². The van der Waals surface area contributed by atoms with E-state index in [1.54, 1.807) is 7.11 Å². The molecule has 0 aromatic carbocycles. The molecule has 0 spiro atoms. The standard InChI is InChI=1S/C29H54O7/c1-30-16-8-6-4-2-3-5-7-12-29(13-9-17-31-20-26-23-34-26,14-10-18-32-21-27-24-35-27)15-11-19-33-22-28-25-36-28/h26-28H,2-25H2,1H3. The Morgan fingerprint density at radius 1 is 0.500 bits per heavy atom. The minimum Gasteiger partial charge on any atom is -0.385 e. The molecule has 7 heteroatoms. The van der Waals surface area contributed by atoms with Crippen LogP contribution in [-0.2, 0) is 33.2 Å². The number of hydrogen-bond donors (Lipinski definition) is 0. The predicted octanol–water partition coefficient (Wildman–Crippen LogP) is 5.33. The van der Waals surface area contributed by atoms with Crippen LogP contribution >= 0.6 is 0 Å². The zero-order valence-electron chi connectivity index (χ0n) is 23.1. The van der Waals surface area contributed by atoms with Crippen molar-refractivity contribution >= 4 is 0 Å². The molecule has 0 aliphatic carbocycles. The molecule has 0 amide bonds. The van der Waals surface area contributed by atoms with Gasteiger partial charge in [-0.2, -0.15) is 0 Å². The number of methoxy groups -OCH3 is 1. The Bertz CT molecular complexity index is 465. The lowest BCUT2D eigenvalue weighted by atomic mass is 9.71. The Kier molecular flexibility index (Phi) is 15.9. The van der Waals surface area contributed by atoms with Gasteiger partial charge in [-0.25, -0.2) is 0 Å². The van der Waals surface area contributed by atoms with E-state index < -0.39 is 0 Å². The Morgan fingerprint density at radius 2 is 0.861 bits per heavy atom. The van der Waals surface area contributed by atoms with Crippen LogP contribution in [0.3, 0.4) is 0 Å². The fourth-order valence-corrected chi connectivity index (χ4v) is 5.17. The average Bonchev–Trinajstić information content (AvgIpc) is 3.73. The van der Waals surface area contributed by atoms with Crippen LogP contribution in [-0.4, -0.2) is 91.5 Å². The topological polar surface area (TPSA) is 74.5 Å². The van der Waals surface area contributed by atoms with Crippen LogP contribution in [0.4, 0.5) is 0 Å². The van der Waals surface area contributed by atoms with E-state index in [9.17, 15) is 0 Å². The van der Waals surface area contributed by atoms with E-state index in [-0.39, 0.29) is 0 Å². The summed E-state index contributed by atoms with van der Waals surface area (Å²) in [6, 6.07) is 0. The van der Waals surface area contributed by atoms with E-state index in [2.05, 4.69) is 0 Å². The highest BCUT2D eigenvalue weighted by molar-refractivity contribution is 4.81. The van der Waals surface area contributed by atoms with Gasteiger partial charge in [-0.05, 0) is 56.8 Å².